The molecule has 20 heavy (non-hydrogen) atoms. The van der Waals surface area contributed by atoms with Gasteiger partial charge in [-0.05, 0) is 38.4 Å². The van der Waals surface area contributed by atoms with Crippen molar-refractivity contribution in [2.24, 2.45) is 5.92 Å². The second-order valence-electron chi connectivity index (χ2n) is 4.65. The highest BCUT2D eigenvalue weighted by atomic mass is 35.5. The third-order valence-corrected chi connectivity index (χ3v) is 3.70. The largest absolute Gasteiger partial charge is 0.339 e. The number of pyridine rings is 1. The summed E-state index contributed by atoms with van der Waals surface area (Å²) >= 11 is 6.00. The van der Waals surface area contributed by atoms with Crippen LogP contribution in [0.2, 0.25) is 5.02 Å². The van der Waals surface area contributed by atoms with Crippen LogP contribution in [-0.2, 0) is 0 Å². The number of aromatic nitrogens is 1. The predicted molar refractivity (Wildman–Crippen MR) is 86.3 cm³/mol. The molecule has 1 amide bonds. The summed E-state index contributed by atoms with van der Waals surface area (Å²) in [5.41, 5.74) is 0.554. The second kappa shape index (κ2) is 9.40. The van der Waals surface area contributed by atoms with Gasteiger partial charge in [0.15, 0.2) is 0 Å². The van der Waals surface area contributed by atoms with E-state index in [2.05, 4.69) is 10.3 Å². The molecule has 0 atom stereocenters. The number of piperidine rings is 1. The highest BCUT2D eigenvalue weighted by Gasteiger charge is 2.24. The molecule has 1 aromatic heterocycles. The molecular formula is C13H20Cl3N3O. The lowest BCUT2D eigenvalue weighted by Crippen LogP contribution is -2.40. The first-order valence-corrected chi connectivity index (χ1v) is 6.63. The van der Waals surface area contributed by atoms with Crippen LogP contribution >= 0.6 is 36.4 Å². The van der Waals surface area contributed by atoms with Crippen LogP contribution in [0.1, 0.15) is 23.2 Å². The summed E-state index contributed by atoms with van der Waals surface area (Å²) in [6.07, 6.45) is 5.22. The second-order valence-corrected chi connectivity index (χ2v) is 5.06. The molecule has 0 spiro atoms. The van der Waals surface area contributed by atoms with Gasteiger partial charge >= 0.3 is 0 Å². The smallest absolute Gasteiger partial charge is 0.255 e. The van der Waals surface area contributed by atoms with Crippen molar-refractivity contribution in [3.8, 4) is 0 Å². The minimum absolute atomic E-state index is 0. The fraction of sp³-hybridized carbons (Fsp3) is 0.538. The molecular weight excluding hydrogens is 321 g/mol. The number of amides is 1. The number of halogens is 3. The topological polar surface area (TPSA) is 45.2 Å². The molecule has 0 radical (unpaired) electrons. The summed E-state index contributed by atoms with van der Waals surface area (Å²) in [4.78, 5) is 18.1. The van der Waals surface area contributed by atoms with Crippen LogP contribution in [0.25, 0.3) is 0 Å². The third kappa shape index (κ3) is 4.77. The molecule has 0 aromatic carbocycles. The zero-order valence-electron chi connectivity index (χ0n) is 11.3. The van der Waals surface area contributed by atoms with Crippen molar-refractivity contribution in [2.75, 3.05) is 26.7 Å². The fourth-order valence-corrected chi connectivity index (χ4v) is 2.55. The minimum Gasteiger partial charge on any atom is -0.339 e. The van der Waals surface area contributed by atoms with Crippen LogP contribution in [0.5, 0.6) is 0 Å². The molecule has 1 aliphatic rings. The van der Waals surface area contributed by atoms with E-state index in [9.17, 15) is 4.79 Å². The van der Waals surface area contributed by atoms with Gasteiger partial charge in [0.25, 0.3) is 5.91 Å². The zero-order valence-corrected chi connectivity index (χ0v) is 13.7. The Balaban J connectivity index is 0.00000180. The molecule has 1 aromatic rings. The standard InChI is InChI=1S/C13H18ClN3O.2ClH/c1-15-8-10-3-6-17(7-4-10)13(18)11-2-5-16-9-12(11)14;;/h2,5,9-10,15H,3-4,6-8H2,1H3;2*1H. The van der Waals surface area contributed by atoms with Gasteiger partial charge in [-0.15, -0.1) is 24.8 Å². The van der Waals surface area contributed by atoms with Gasteiger partial charge in [-0.3, -0.25) is 9.78 Å². The number of rotatable bonds is 3. The molecule has 7 heteroatoms. The van der Waals surface area contributed by atoms with E-state index >= 15 is 0 Å². The fourth-order valence-electron chi connectivity index (χ4n) is 2.35. The number of nitrogens with zero attached hydrogens (tertiary/aromatic N) is 2. The molecule has 2 rings (SSSR count). The van der Waals surface area contributed by atoms with Crippen LogP contribution in [0.4, 0.5) is 0 Å². The molecule has 0 aliphatic carbocycles. The highest BCUT2D eigenvalue weighted by Crippen LogP contribution is 2.21. The van der Waals surface area contributed by atoms with E-state index < -0.39 is 0 Å². The van der Waals surface area contributed by atoms with Crippen molar-refractivity contribution >= 4 is 42.3 Å². The van der Waals surface area contributed by atoms with Crippen molar-refractivity contribution in [2.45, 2.75) is 12.8 Å². The lowest BCUT2D eigenvalue weighted by Gasteiger charge is -2.32. The van der Waals surface area contributed by atoms with Gasteiger partial charge in [-0.2, -0.15) is 0 Å². The maximum atomic E-state index is 12.3. The quantitative estimate of drug-likeness (QED) is 0.920. The molecule has 0 unspecified atom stereocenters. The first kappa shape index (κ1) is 19.4. The van der Waals surface area contributed by atoms with E-state index in [0.29, 0.717) is 16.5 Å². The van der Waals surface area contributed by atoms with E-state index in [-0.39, 0.29) is 30.7 Å². The van der Waals surface area contributed by atoms with Gasteiger partial charge in [0.2, 0.25) is 0 Å². The Kier molecular flexibility index (Phi) is 9.14. The monoisotopic (exact) mass is 339 g/mol. The van der Waals surface area contributed by atoms with Gasteiger partial charge in [0.1, 0.15) is 0 Å². The Bertz CT molecular complexity index is 423. The van der Waals surface area contributed by atoms with Crippen LogP contribution in [0.15, 0.2) is 18.5 Å². The van der Waals surface area contributed by atoms with E-state index in [1.807, 2.05) is 11.9 Å². The Labute approximate surface area is 137 Å². The summed E-state index contributed by atoms with van der Waals surface area (Å²) < 4.78 is 0. The Morgan fingerprint density at radius 1 is 1.45 bits per heavy atom. The molecule has 1 fully saturated rings. The van der Waals surface area contributed by atoms with Crippen LogP contribution in [-0.4, -0.2) is 42.5 Å². The van der Waals surface area contributed by atoms with Gasteiger partial charge in [0, 0.05) is 25.5 Å². The minimum atomic E-state index is 0. The SMILES string of the molecule is CNCC1CCN(C(=O)c2ccncc2Cl)CC1.Cl.Cl. The number of nitrogens with one attached hydrogen (secondary N) is 1. The number of carbonyl (C=O) groups is 1. The molecule has 2 heterocycles. The summed E-state index contributed by atoms with van der Waals surface area (Å²) in [5, 5.41) is 3.62. The van der Waals surface area contributed by atoms with Gasteiger partial charge < -0.3 is 10.2 Å². The summed E-state index contributed by atoms with van der Waals surface area (Å²) in [6, 6.07) is 1.68. The van der Waals surface area contributed by atoms with Crippen LogP contribution in [0.3, 0.4) is 0 Å². The van der Waals surface area contributed by atoms with Gasteiger partial charge in [0.05, 0.1) is 10.6 Å². The van der Waals surface area contributed by atoms with Crippen LogP contribution < -0.4 is 5.32 Å². The summed E-state index contributed by atoms with van der Waals surface area (Å²) in [6.45, 7) is 2.64. The predicted octanol–water partition coefficient (Wildman–Crippen LogP) is 2.65. The van der Waals surface area contributed by atoms with E-state index in [1.165, 1.54) is 6.20 Å². The number of carbonyl (C=O) groups excluding carboxylic acids is 1. The van der Waals surface area contributed by atoms with Crippen molar-refractivity contribution in [1.82, 2.24) is 15.2 Å². The average molecular weight is 341 g/mol. The molecule has 0 saturated carbocycles. The molecule has 4 nitrogen and oxygen atoms in total. The number of likely N-dealkylation sites (tertiary alicyclic amines) is 1. The van der Waals surface area contributed by atoms with Crippen molar-refractivity contribution in [3.05, 3.63) is 29.0 Å². The third-order valence-electron chi connectivity index (χ3n) is 3.40. The van der Waals surface area contributed by atoms with Crippen molar-refractivity contribution < 1.29 is 4.79 Å². The first-order valence-electron chi connectivity index (χ1n) is 6.25. The lowest BCUT2D eigenvalue weighted by molar-refractivity contribution is 0.0691. The average Bonchev–Trinajstić information content (AvgIpc) is 2.40. The van der Waals surface area contributed by atoms with E-state index in [1.54, 1.807) is 12.3 Å². The maximum Gasteiger partial charge on any atom is 0.255 e. The highest BCUT2D eigenvalue weighted by molar-refractivity contribution is 6.33. The summed E-state index contributed by atoms with van der Waals surface area (Å²) in [7, 11) is 1.97. The van der Waals surface area contributed by atoms with E-state index in [0.717, 1.165) is 32.5 Å². The molecule has 114 valence electrons. The number of hydrogen-bond acceptors (Lipinski definition) is 3. The lowest BCUT2D eigenvalue weighted by atomic mass is 9.96. The molecule has 1 saturated heterocycles. The molecule has 1 aliphatic heterocycles. The van der Waals surface area contributed by atoms with Crippen molar-refractivity contribution in [1.29, 1.82) is 0 Å². The Morgan fingerprint density at radius 3 is 2.65 bits per heavy atom. The van der Waals surface area contributed by atoms with Crippen LogP contribution in [0, 0.1) is 5.92 Å². The van der Waals surface area contributed by atoms with Crippen molar-refractivity contribution in [3.63, 3.8) is 0 Å². The number of hydrogen-bond donors (Lipinski definition) is 1. The first-order chi connectivity index (χ1) is 8.72. The maximum absolute atomic E-state index is 12.3. The zero-order chi connectivity index (χ0) is 13.0. The van der Waals surface area contributed by atoms with E-state index in [4.69, 9.17) is 11.6 Å². The summed E-state index contributed by atoms with van der Waals surface area (Å²) in [5.74, 6) is 0.692. The molecule has 1 N–H and O–H groups in total. The van der Waals surface area contributed by atoms with Gasteiger partial charge in [-0.25, -0.2) is 0 Å². The van der Waals surface area contributed by atoms with Gasteiger partial charge in [-0.1, -0.05) is 11.6 Å². The molecule has 0 bridgehead atoms. The Hall–Kier alpha value is -0.550. The Morgan fingerprint density at radius 2 is 2.10 bits per heavy atom. The normalized spacial score (nSPS) is 15.2.